The molecule has 0 saturated heterocycles. The Labute approximate surface area is 134 Å². The van der Waals surface area contributed by atoms with E-state index < -0.39 is 5.63 Å². The van der Waals surface area contributed by atoms with Gasteiger partial charge in [0.15, 0.2) is 5.58 Å². The van der Waals surface area contributed by atoms with Crippen molar-refractivity contribution in [1.29, 1.82) is 0 Å². The Morgan fingerprint density at radius 1 is 1.30 bits per heavy atom. The monoisotopic (exact) mass is 415 g/mol. The minimum atomic E-state index is -0.423. The maximum atomic E-state index is 12.1. The van der Waals surface area contributed by atoms with Crippen molar-refractivity contribution in [3.05, 3.63) is 42.9 Å². The highest BCUT2D eigenvalue weighted by Gasteiger charge is 2.13. The lowest BCUT2D eigenvalue weighted by atomic mass is 10.1. The number of hydrogen-bond acceptors (Lipinski definition) is 5. The maximum absolute atomic E-state index is 12.1. The van der Waals surface area contributed by atoms with E-state index in [1.807, 2.05) is 12.1 Å². The average molecular weight is 417 g/mol. The Morgan fingerprint density at radius 3 is 2.80 bits per heavy atom. The lowest BCUT2D eigenvalue weighted by Crippen LogP contribution is -2.03. The van der Waals surface area contributed by atoms with E-state index in [9.17, 15) is 4.79 Å². The zero-order valence-corrected chi connectivity index (χ0v) is 14.1. The molecule has 0 saturated carbocycles. The number of benzene rings is 1. The third-order valence-corrected chi connectivity index (χ3v) is 4.53. The first-order chi connectivity index (χ1) is 9.58. The quantitative estimate of drug-likeness (QED) is 0.579. The fourth-order valence-corrected chi connectivity index (χ4v) is 3.79. The lowest BCUT2D eigenvalue weighted by molar-refractivity contribution is 0.412. The predicted molar refractivity (Wildman–Crippen MR) is 85.5 cm³/mol. The molecule has 0 spiro atoms. The number of rotatable bonds is 2. The summed E-state index contributed by atoms with van der Waals surface area (Å²) in [6.07, 6.45) is 0. The second-order valence-electron chi connectivity index (χ2n) is 3.96. The molecule has 0 radical (unpaired) electrons. The van der Waals surface area contributed by atoms with E-state index in [2.05, 4.69) is 36.8 Å². The third-order valence-electron chi connectivity index (χ3n) is 2.69. The molecule has 20 heavy (non-hydrogen) atoms. The van der Waals surface area contributed by atoms with E-state index in [0.717, 1.165) is 14.3 Å². The van der Waals surface area contributed by atoms with Gasteiger partial charge < -0.3 is 9.15 Å². The fraction of sp³-hybridized carbons (Fsp3) is 0.0769. The predicted octanol–water partition coefficient (Wildman–Crippen LogP) is 4.45. The van der Waals surface area contributed by atoms with Gasteiger partial charge in [0.1, 0.15) is 0 Å². The second kappa shape index (κ2) is 5.31. The highest BCUT2D eigenvalue weighted by Crippen LogP contribution is 2.31. The van der Waals surface area contributed by atoms with Crippen molar-refractivity contribution in [3.8, 4) is 16.5 Å². The zero-order valence-electron chi connectivity index (χ0n) is 10.1. The molecule has 102 valence electrons. The first-order valence-corrected chi connectivity index (χ1v) is 7.98. The zero-order chi connectivity index (χ0) is 14.3. The maximum Gasteiger partial charge on any atom is 0.345 e. The summed E-state index contributed by atoms with van der Waals surface area (Å²) in [4.78, 5) is 16.3. The molecule has 0 aliphatic rings. The number of ether oxygens (including phenoxy) is 1. The summed E-state index contributed by atoms with van der Waals surface area (Å²) in [5.41, 5.74) is 1.07. The van der Waals surface area contributed by atoms with Gasteiger partial charge in [0.2, 0.25) is 0 Å². The smallest absolute Gasteiger partial charge is 0.345 e. The molecule has 0 N–H and O–H groups in total. The number of thiazole rings is 1. The van der Waals surface area contributed by atoms with Gasteiger partial charge in [0.05, 0.1) is 22.8 Å². The number of nitrogens with zero attached hydrogens (tertiary/aromatic N) is 1. The topological polar surface area (TPSA) is 52.3 Å². The molecule has 1 aromatic carbocycles. The van der Waals surface area contributed by atoms with Crippen molar-refractivity contribution in [3.63, 3.8) is 0 Å². The van der Waals surface area contributed by atoms with Gasteiger partial charge in [-0.2, -0.15) is 0 Å². The van der Waals surface area contributed by atoms with Gasteiger partial charge in [0, 0.05) is 15.2 Å². The van der Waals surface area contributed by atoms with Crippen LogP contribution < -0.4 is 10.4 Å². The summed E-state index contributed by atoms with van der Waals surface area (Å²) in [5, 5.41) is 3.09. The molecule has 3 rings (SSSR count). The normalized spacial score (nSPS) is 10.9. The molecule has 4 nitrogen and oxygen atoms in total. The van der Waals surface area contributed by atoms with Crippen LogP contribution in [0.15, 0.2) is 41.7 Å². The number of fused-ring (bicyclic) bond motifs is 1. The third kappa shape index (κ3) is 2.41. The van der Waals surface area contributed by atoms with E-state index in [4.69, 9.17) is 9.15 Å². The van der Waals surface area contributed by atoms with Gasteiger partial charge >= 0.3 is 5.63 Å². The Hall–Kier alpha value is -1.18. The van der Waals surface area contributed by atoms with Crippen molar-refractivity contribution < 1.29 is 9.15 Å². The van der Waals surface area contributed by atoms with Crippen molar-refractivity contribution in [2.75, 3.05) is 7.11 Å². The van der Waals surface area contributed by atoms with Crippen LogP contribution in [0.2, 0.25) is 0 Å². The number of halogens is 2. The Kier molecular flexibility index (Phi) is 3.66. The number of hydrogen-bond donors (Lipinski definition) is 0. The van der Waals surface area contributed by atoms with Gasteiger partial charge in [-0.05, 0) is 34.1 Å². The van der Waals surface area contributed by atoms with Crippen LogP contribution in [0.4, 0.5) is 0 Å². The van der Waals surface area contributed by atoms with E-state index in [0.29, 0.717) is 22.0 Å². The van der Waals surface area contributed by atoms with Crippen LogP contribution in [-0.2, 0) is 0 Å². The molecule has 0 unspecified atom stereocenters. The summed E-state index contributed by atoms with van der Waals surface area (Å²) in [7, 11) is 1.54. The van der Waals surface area contributed by atoms with Crippen LogP contribution in [0.5, 0.6) is 5.19 Å². The molecular weight excluding hydrogens is 410 g/mol. The molecule has 0 aliphatic carbocycles. The Balaban J connectivity index is 2.26. The van der Waals surface area contributed by atoms with Gasteiger partial charge in [-0.3, -0.25) is 0 Å². The SMILES string of the molecule is COc1nc(-c2cc3cc(Br)cc(Br)c3oc2=O)cs1. The molecule has 0 bridgehead atoms. The standard InChI is InChI=1S/C13H7Br2NO3S/c1-18-13-16-10(5-20-13)8-3-6-2-7(14)4-9(15)11(6)19-12(8)17/h2-5H,1H3. The first kappa shape index (κ1) is 13.8. The van der Waals surface area contributed by atoms with Crippen LogP contribution in [0, 0.1) is 0 Å². The van der Waals surface area contributed by atoms with Crippen molar-refractivity contribution in [2.24, 2.45) is 0 Å². The molecule has 2 aromatic heterocycles. The average Bonchev–Trinajstić information content (AvgIpc) is 2.87. The highest BCUT2D eigenvalue weighted by molar-refractivity contribution is 9.11. The molecule has 2 heterocycles. The number of aromatic nitrogens is 1. The van der Waals surface area contributed by atoms with Crippen LogP contribution in [-0.4, -0.2) is 12.1 Å². The molecule has 0 fully saturated rings. The van der Waals surface area contributed by atoms with Crippen molar-refractivity contribution in [1.82, 2.24) is 4.98 Å². The van der Waals surface area contributed by atoms with Crippen LogP contribution in [0.25, 0.3) is 22.2 Å². The van der Waals surface area contributed by atoms with Crippen LogP contribution in [0.1, 0.15) is 0 Å². The second-order valence-corrected chi connectivity index (χ2v) is 6.55. The largest absolute Gasteiger partial charge is 0.473 e. The van der Waals surface area contributed by atoms with Gasteiger partial charge in [-0.15, -0.1) is 0 Å². The van der Waals surface area contributed by atoms with Crippen molar-refractivity contribution >= 4 is 54.2 Å². The van der Waals surface area contributed by atoms with Crippen molar-refractivity contribution in [2.45, 2.75) is 0 Å². The summed E-state index contributed by atoms with van der Waals surface area (Å²) >= 11 is 8.13. The molecule has 3 aromatic rings. The van der Waals surface area contributed by atoms with Crippen LogP contribution >= 0.6 is 43.2 Å². The molecule has 7 heteroatoms. The molecule has 0 amide bonds. The van der Waals surface area contributed by atoms with Gasteiger partial charge in [-0.25, -0.2) is 9.78 Å². The minimum Gasteiger partial charge on any atom is -0.473 e. The minimum absolute atomic E-state index is 0.419. The van der Waals surface area contributed by atoms with Gasteiger partial charge in [-0.1, -0.05) is 27.3 Å². The Bertz CT molecular complexity index is 856. The summed E-state index contributed by atoms with van der Waals surface area (Å²) in [6, 6.07) is 5.48. The summed E-state index contributed by atoms with van der Waals surface area (Å²) < 4.78 is 12.0. The van der Waals surface area contributed by atoms with E-state index in [-0.39, 0.29) is 0 Å². The Morgan fingerprint density at radius 2 is 2.10 bits per heavy atom. The molecular formula is C13H7Br2NO3S. The molecule has 0 aliphatic heterocycles. The summed E-state index contributed by atoms with van der Waals surface area (Å²) in [5.74, 6) is 0. The highest BCUT2D eigenvalue weighted by atomic mass is 79.9. The lowest BCUT2D eigenvalue weighted by Gasteiger charge is -2.02. The summed E-state index contributed by atoms with van der Waals surface area (Å²) in [6.45, 7) is 0. The van der Waals surface area contributed by atoms with Gasteiger partial charge in [0.25, 0.3) is 5.19 Å². The fourth-order valence-electron chi connectivity index (χ4n) is 1.81. The van der Waals surface area contributed by atoms with E-state index in [1.165, 1.54) is 11.3 Å². The molecule has 0 atom stereocenters. The van der Waals surface area contributed by atoms with E-state index >= 15 is 0 Å². The van der Waals surface area contributed by atoms with E-state index in [1.54, 1.807) is 18.6 Å². The van der Waals surface area contributed by atoms with Crippen LogP contribution in [0.3, 0.4) is 0 Å². The first-order valence-electron chi connectivity index (χ1n) is 5.51. The number of methoxy groups -OCH3 is 1.